The lowest BCUT2D eigenvalue weighted by Crippen LogP contribution is -2.48. The van der Waals surface area contributed by atoms with Gasteiger partial charge in [-0.15, -0.1) is 0 Å². The number of nitrogens with zero attached hydrogens (tertiary/aromatic N) is 3. The molecule has 1 aromatic heterocycles. The Morgan fingerprint density at radius 3 is 2.68 bits per heavy atom. The molecule has 1 aliphatic heterocycles. The summed E-state index contributed by atoms with van der Waals surface area (Å²) >= 11 is 0. The van der Waals surface area contributed by atoms with Crippen molar-refractivity contribution in [3.05, 3.63) is 66.0 Å². The molecular formula is C23H24N4O4. The molecule has 2 heterocycles. The molecule has 2 aromatic carbocycles. The number of nitrogens with one attached hydrogen (secondary N) is 1. The third-order valence-electron chi connectivity index (χ3n) is 5.07. The van der Waals surface area contributed by atoms with Crippen LogP contribution in [0.15, 0.2) is 54.9 Å². The van der Waals surface area contributed by atoms with Crippen LogP contribution in [0.5, 0.6) is 0 Å². The Morgan fingerprint density at radius 2 is 1.90 bits per heavy atom. The van der Waals surface area contributed by atoms with Gasteiger partial charge in [-0.2, -0.15) is 0 Å². The number of fused-ring (bicyclic) bond motifs is 1. The molecule has 1 saturated heterocycles. The van der Waals surface area contributed by atoms with Crippen LogP contribution in [0.2, 0.25) is 0 Å². The van der Waals surface area contributed by atoms with Crippen LogP contribution in [-0.2, 0) is 9.47 Å². The Hall–Kier alpha value is -3.52. The van der Waals surface area contributed by atoms with Crippen LogP contribution in [0, 0.1) is 0 Å². The summed E-state index contributed by atoms with van der Waals surface area (Å²) in [7, 11) is 0. The summed E-state index contributed by atoms with van der Waals surface area (Å²) in [5.41, 5.74) is 0.933. The number of morpholine rings is 1. The molecule has 160 valence electrons. The molecular weight excluding hydrogens is 396 g/mol. The monoisotopic (exact) mass is 420 g/mol. The van der Waals surface area contributed by atoms with E-state index in [9.17, 15) is 9.59 Å². The molecule has 0 bridgehead atoms. The minimum absolute atomic E-state index is 0.137. The maximum absolute atomic E-state index is 12.6. The summed E-state index contributed by atoms with van der Waals surface area (Å²) in [5.74, 6) is -0.0611. The van der Waals surface area contributed by atoms with E-state index < -0.39 is 5.97 Å². The van der Waals surface area contributed by atoms with Gasteiger partial charge >= 0.3 is 5.97 Å². The molecule has 0 saturated carbocycles. The van der Waals surface area contributed by atoms with Crippen LogP contribution in [-0.4, -0.2) is 60.8 Å². The molecule has 0 aliphatic carbocycles. The van der Waals surface area contributed by atoms with Gasteiger partial charge in [-0.3, -0.25) is 4.79 Å². The second-order valence-corrected chi connectivity index (χ2v) is 7.20. The lowest BCUT2D eigenvalue weighted by Gasteiger charge is -2.33. The Balaban J connectivity index is 1.34. The van der Waals surface area contributed by atoms with E-state index in [0.29, 0.717) is 49.9 Å². The van der Waals surface area contributed by atoms with Crippen molar-refractivity contribution in [2.45, 2.75) is 13.0 Å². The van der Waals surface area contributed by atoms with Gasteiger partial charge in [0.25, 0.3) is 5.91 Å². The van der Waals surface area contributed by atoms with Gasteiger partial charge in [-0.1, -0.05) is 30.3 Å². The number of carbonyl (C=O) groups is 2. The lowest BCUT2D eigenvalue weighted by molar-refractivity contribution is 0.0391. The van der Waals surface area contributed by atoms with E-state index in [-0.39, 0.29) is 12.0 Å². The highest BCUT2D eigenvalue weighted by Crippen LogP contribution is 2.16. The van der Waals surface area contributed by atoms with E-state index in [1.54, 1.807) is 6.92 Å². The van der Waals surface area contributed by atoms with Gasteiger partial charge in [0.05, 0.1) is 24.9 Å². The second kappa shape index (κ2) is 9.53. The number of aromatic nitrogens is 2. The van der Waals surface area contributed by atoms with E-state index in [2.05, 4.69) is 15.3 Å². The Kier molecular flexibility index (Phi) is 6.37. The number of rotatable bonds is 6. The smallest absolute Gasteiger partial charge is 0.341 e. The van der Waals surface area contributed by atoms with E-state index in [1.807, 2.05) is 47.4 Å². The zero-order chi connectivity index (χ0) is 21.6. The van der Waals surface area contributed by atoms with Crippen LogP contribution in [0.3, 0.4) is 0 Å². The first-order valence-corrected chi connectivity index (χ1v) is 10.3. The third kappa shape index (κ3) is 4.97. The highest BCUT2D eigenvalue weighted by atomic mass is 16.5. The van der Waals surface area contributed by atoms with Crippen molar-refractivity contribution in [1.82, 2.24) is 15.3 Å². The number of anilines is 1. The largest absolute Gasteiger partial charge is 0.462 e. The van der Waals surface area contributed by atoms with Crippen molar-refractivity contribution >= 4 is 28.6 Å². The summed E-state index contributed by atoms with van der Waals surface area (Å²) in [5, 5.41) is 5.07. The predicted molar refractivity (Wildman–Crippen MR) is 116 cm³/mol. The molecule has 1 unspecified atom stereocenters. The van der Waals surface area contributed by atoms with Gasteiger partial charge in [-0.05, 0) is 29.8 Å². The van der Waals surface area contributed by atoms with Crippen molar-refractivity contribution in [2.75, 3.05) is 37.7 Å². The Morgan fingerprint density at radius 1 is 1.13 bits per heavy atom. The number of amides is 1. The summed E-state index contributed by atoms with van der Waals surface area (Å²) in [4.78, 5) is 34.9. The number of esters is 1. The second-order valence-electron chi connectivity index (χ2n) is 7.20. The highest BCUT2D eigenvalue weighted by molar-refractivity contribution is 5.98. The molecule has 1 aliphatic rings. The standard InChI is InChI=1S/C23H24N4O4/c1-2-30-22(29)19-12-25-23(26-13-19)27-9-10-31-20(15-27)14-24-21(28)18-8-7-16-5-3-4-6-17(16)11-18/h3-8,11-13,20H,2,9-10,14-15H2,1H3,(H,24,28). The van der Waals surface area contributed by atoms with E-state index in [4.69, 9.17) is 9.47 Å². The lowest BCUT2D eigenvalue weighted by atomic mass is 10.1. The first-order chi connectivity index (χ1) is 15.1. The van der Waals surface area contributed by atoms with Gasteiger partial charge in [0, 0.05) is 37.6 Å². The predicted octanol–water partition coefficient (Wildman–Crippen LogP) is 2.44. The normalized spacial score (nSPS) is 16.2. The fourth-order valence-corrected chi connectivity index (χ4v) is 3.47. The molecule has 1 amide bonds. The fourth-order valence-electron chi connectivity index (χ4n) is 3.47. The van der Waals surface area contributed by atoms with Gasteiger partial charge in [0.1, 0.15) is 0 Å². The van der Waals surface area contributed by atoms with Gasteiger partial charge in [0.15, 0.2) is 0 Å². The minimum atomic E-state index is -0.440. The Bertz CT molecular complexity index is 1070. The van der Waals surface area contributed by atoms with Crippen LogP contribution >= 0.6 is 0 Å². The molecule has 8 heteroatoms. The van der Waals surface area contributed by atoms with Crippen molar-refractivity contribution in [2.24, 2.45) is 0 Å². The maximum atomic E-state index is 12.6. The molecule has 0 radical (unpaired) electrons. The molecule has 0 spiro atoms. The topological polar surface area (TPSA) is 93.6 Å². The van der Waals surface area contributed by atoms with Crippen LogP contribution in [0.1, 0.15) is 27.6 Å². The summed E-state index contributed by atoms with van der Waals surface area (Å²) in [6.07, 6.45) is 2.74. The van der Waals surface area contributed by atoms with E-state index in [0.717, 1.165) is 10.8 Å². The van der Waals surface area contributed by atoms with Crippen molar-refractivity contribution in [3.63, 3.8) is 0 Å². The first-order valence-electron chi connectivity index (χ1n) is 10.3. The van der Waals surface area contributed by atoms with Crippen molar-refractivity contribution in [1.29, 1.82) is 0 Å². The number of ether oxygens (including phenoxy) is 2. The number of hydrogen-bond donors (Lipinski definition) is 1. The van der Waals surface area contributed by atoms with Crippen LogP contribution in [0.25, 0.3) is 10.8 Å². The first kappa shape index (κ1) is 20.7. The number of benzene rings is 2. The summed E-state index contributed by atoms with van der Waals surface area (Å²) in [6.45, 7) is 4.10. The SMILES string of the molecule is CCOC(=O)c1cnc(N2CCOC(CNC(=O)c3ccc4ccccc4c3)C2)nc1. The molecule has 1 N–H and O–H groups in total. The maximum Gasteiger partial charge on any atom is 0.341 e. The average Bonchev–Trinajstić information content (AvgIpc) is 2.82. The highest BCUT2D eigenvalue weighted by Gasteiger charge is 2.23. The minimum Gasteiger partial charge on any atom is -0.462 e. The Labute approximate surface area is 180 Å². The molecule has 1 atom stereocenters. The van der Waals surface area contributed by atoms with E-state index >= 15 is 0 Å². The van der Waals surface area contributed by atoms with Crippen molar-refractivity contribution < 1.29 is 19.1 Å². The third-order valence-corrected chi connectivity index (χ3v) is 5.07. The average molecular weight is 420 g/mol. The van der Waals surface area contributed by atoms with Gasteiger partial charge in [-0.25, -0.2) is 14.8 Å². The summed E-state index contributed by atoms with van der Waals surface area (Å²) < 4.78 is 10.7. The molecule has 4 rings (SSSR count). The molecule has 8 nitrogen and oxygen atoms in total. The van der Waals surface area contributed by atoms with E-state index in [1.165, 1.54) is 12.4 Å². The molecule has 3 aromatic rings. The van der Waals surface area contributed by atoms with Crippen LogP contribution < -0.4 is 10.2 Å². The summed E-state index contributed by atoms with van der Waals surface area (Å²) in [6, 6.07) is 13.6. The zero-order valence-corrected chi connectivity index (χ0v) is 17.3. The van der Waals surface area contributed by atoms with Gasteiger partial charge < -0.3 is 19.7 Å². The quantitative estimate of drug-likeness (QED) is 0.612. The van der Waals surface area contributed by atoms with Crippen LogP contribution in [0.4, 0.5) is 5.95 Å². The number of hydrogen-bond acceptors (Lipinski definition) is 7. The number of carbonyl (C=O) groups excluding carboxylic acids is 2. The molecule has 31 heavy (non-hydrogen) atoms. The zero-order valence-electron chi connectivity index (χ0n) is 17.3. The fraction of sp³-hybridized carbons (Fsp3) is 0.304. The van der Waals surface area contributed by atoms with Crippen molar-refractivity contribution in [3.8, 4) is 0 Å². The van der Waals surface area contributed by atoms with Gasteiger partial charge in [0.2, 0.25) is 5.95 Å². The molecule has 1 fully saturated rings.